The third-order valence-corrected chi connectivity index (χ3v) is 12.5. The zero-order valence-corrected chi connectivity index (χ0v) is 32.0. The van der Waals surface area contributed by atoms with Gasteiger partial charge in [-0.05, 0) is 80.1 Å². The van der Waals surface area contributed by atoms with Crippen molar-refractivity contribution in [3.05, 3.63) is 77.1 Å². The molecule has 3 aromatic rings. The van der Waals surface area contributed by atoms with E-state index < -0.39 is 52.7 Å². The van der Waals surface area contributed by atoms with Crippen LogP contribution in [0, 0.1) is 0 Å². The number of halogens is 1. The minimum atomic E-state index is -3.81. The van der Waals surface area contributed by atoms with Crippen molar-refractivity contribution in [3.8, 4) is 16.9 Å². The third kappa shape index (κ3) is 10.3. The Bertz CT molecular complexity index is 1870. The molecule has 0 bridgehead atoms. The number of nitrogens with one attached hydrogen (secondary N) is 2. The number of carbonyl (C=O) groups excluding carboxylic acids is 1. The molecule has 55 heavy (non-hydrogen) atoms. The molecule has 2 heterocycles. The van der Waals surface area contributed by atoms with Gasteiger partial charge in [0.15, 0.2) is 0 Å². The van der Waals surface area contributed by atoms with Crippen LogP contribution in [0.4, 0.5) is 4.79 Å². The first-order valence-electron chi connectivity index (χ1n) is 18.6. The van der Waals surface area contributed by atoms with Gasteiger partial charge in [0.1, 0.15) is 24.1 Å². The van der Waals surface area contributed by atoms with Crippen molar-refractivity contribution >= 4 is 27.7 Å². The predicted octanol–water partition coefficient (Wildman–Crippen LogP) is 1.58. The highest BCUT2D eigenvalue weighted by Crippen LogP contribution is 2.53. The second-order valence-corrected chi connectivity index (χ2v) is 16.7. The van der Waals surface area contributed by atoms with E-state index in [9.17, 15) is 33.6 Å². The van der Waals surface area contributed by atoms with Gasteiger partial charge in [0.2, 0.25) is 10.0 Å². The van der Waals surface area contributed by atoms with E-state index in [0.29, 0.717) is 56.3 Å². The van der Waals surface area contributed by atoms with Crippen molar-refractivity contribution in [1.82, 2.24) is 24.8 Å². The molecule has 7 N–H and O–H groups in total. The highest BCUT2D eigenvalue weighted by Gasteiger charge is 2.48. The molecule has 15 nitrogen and oxygen atoms in total. The SMILES string of the molecule is O=C(NCCCN1CCN(S(=O)(=O)c2ccc(Cl)c(COC3(c4cnccc4-c4ccccc4OC4CC4)CC3)c2)CC1)NC[C@H](O)[C@@H](O)[C@H](O)[C@H](O)CO. The van der Waals surface area contributed by atoms with Gasteiger partial charge in [0.05, 0.1) is 35.9 Å². The first-order chi connectivity index (χ1) is 26.4. The molecular formula is C38H50ClN5O10S. The molecule has 4 atom stereocenters. The first kappa shape index (κ1) is 41.2. The standard InChI is InChI=1S/C38H50ClN5O10S/c39-31-9-8-27(20-25(31)24-53-38(11-12-38)30-21-40-14-10-28(30)29-4-1-2-5-34(29)54-26-6-7-26)55(51,52)44-18-16-43(17-19-44)15-3-13-41-37(50)42-22-32(46)35(48)36(49)33(47)23-45/h1-2,4-5,8-10,14,20-21,26,32-33,35-36,45-49H,3,6-7,11-13,15-19,22-24H2,(H2,41,42,50)/t32-,33+,35+,36+/m0/s1. The van der Waals surface area contributed by atoms with Crippen molar-refractivity contribution in [2.24, 2.45) is 0 Å². The summed E-state index contributed by atoms with van der Waals surface area (Å²) in [7, 11) is -3.81. The summed E-state index contributed by atoms with van der Waals surface area (Å²) in [5.74, 6) is 0.835. The minimum absolute atomic E-state index is 0.122. The molecular weight excluding hydrogens is 754 g/mol. The fraction of sp³-hybridized carbons (Fsp3) is 0.526. The van der Waals surface area contributed by atoms with Crippen molar-refractivity contribution in [2.75, 3.05) is 52.4 Å². The third-order valence-electron chi connectivity index (χ3n) is 10.2. The highest BCUT2D eigenvalue weighted by atomic mass is 35.5. The van der Waals surface area contributed by atoms with Crippen LogP contribution in [0.5, 0.6) is 5.75 Å². The average Bonchev–Trinajstić information content (AvgIpc) is 4.15. The predicted molar refractivity (Wildman–Crippen MR) is 203 cm³/mol. The lowest BCUT2D eigenvalue weighted by Gasteiger charge is -2.34. The van der Waals surface area contributed by atoms with E-state index in [-0.39, 0.29) is 24.2 Å². The number of aliphatic hydroxyl groups excluding tert-OH is 5. The molecule has 1 aliphatic heterocycles. The number of amides is 2. The molecule has 1 saturated heterocycles. The number of aromatic nitrogens is 1. The molecule has 0 spiro atoms. The van der Waals surface area contributed by atoms with Crippen molar-refractivity contribution in [3.63, 3.8) is 0 Å². The molecule has 2 amide bonds. The second kappa shape index (κ2) is 18.2. The number of hydrogen-bond donors (Lipinski definition) is 7. The number of piperazine rings is 1. The summed E-state index contributed by atoms with van der Waals surface area (Å²) in [6, 6.07) is 14.1. The Kier molecular flexibility index (Phi) is 13.7. The smallest absolute Gasteiger partial charge is 0.314 e. The van der Waals surface area contributed by atoms with Gasteiger partial charge in [-0.25, -0.2) is 13.2 Å². The Morgan fingerprint density at radius 2 is 1.69 bits per heavy atom. The van der Waals surface area contributed by atoms with E-state index in [1.54, 1.807) is 18.3 Å². The molecule has 3 aliphatic rings. The maximum atomic E-state index is 13.8. The maximum Gasteiger partial charge on any atom is 0.314 e. The van der Waals surface area contributed by atoms with Gasteiger partial charge in [0, 0.05) is 67.8 Å². The normalized spacial score (nSPS) is 19.6. The van der Waals surface area contributed by atoms with Gasteiger partial charge >= 0.3 is 6.03 Å². The molecule has 2 saturated carbocycles. The number of ether oxygens (including phenoxy) is 2. The zero-order chi connectivity index (χ0) is 39.2. The second-order valence-electron chi connectivity index (χ2n) is 14.3. The molecule has 0 radical (unpaired) electrons. The summed E-state index contributed by atoms with van der Waals surface area (Å²) in [5.41, 5.74) is 2.95. The number of hydrogen-bond acceptors (Lipinski definition) is 12. The van der Waals surface area contributed by atoms with Crippen LogP contribution in [-0.4, -0.2) is 137 Å². The molecule has 1 aromatic heterocycles. The van der Waals surface area contributed by atoms with E-state index >= 15 is 0 Å². The summed E-state index contributed by atoms with van der Waals surface area (Å²) >= 11 is 6.60. The average molecular weight is 804 g/mol. The van der Waals surface area contributed by atoms with Crippen LogP contribution < -0.4 is 15.4 Å². The molecule has 0 unspecified atom stereocenters. The molecule has 6 rings (SSSR count). The number of carbonyl (C=O) groups is 1. The van der Waals surface area contributed by atoms with Gasteiger partial charge < -0.3 is 50.5 Å². The van der Waals surface area contributed by atoms with Crippen LogP contribution in [0.1, 0.15) is 43.2 Å². The lowest BCUT2D eigenvalue weighted by molar-refractivity contribution is -0.113. The van der Waals surface area contributed by atoms with Crippen LogP contribution in [0.3, 0.4) is 0 Å². The van der Waals surface area contributed by atoms with Crippen LogP contribution in [0.15, 0.2) is 65.8 Å². The highest BCUT2D eigenvalue weighted by molar-refractivity contribution is 7.89. The Morgan fingerprint density at radius 3 is 2.40 bits per heavy atom. The number of pyridine rings is 1. The van der Waals surface area contributed by atoms with E-state index in [0.717, 1.165) is 48.1 Å². The Labute approximate surface area is 325 Å². The number of aliphatic hydroxyl groups is 5. The molecule has 2 aliphatic carbocycles. The number of benzene rings is 2. The van der Waals surface area contributed by atoms with E-state index in [1.165, 1.54) is 10.4 Å². The quantitative estimate of drug-likeness (QED) is 0.0861. The van der Waals surface area contributed by atoms with E-state index in [4.69, 9.17) is 26.2 Å². The van der Waals surface area contributed by atoms with E-state index in [1.807, 2.05) is 36.5 Å². The van der Waals surface area contributed by atoms with Crippen molar-refractivity contribution in [1.29, 1.82) is 0 Å². The van der Waals surface area contributed by atoms with Crippen LogP contribution in [0.25, 0.3) is 11.1 Å². The lowest BCUT2D eigenvalue weighted by atomic mass is 9.96. The molecule has 3 fully saturated rings. The fourth-order valence-corrected chi connectivity index (χ4v) is 8.23. The summed E-state index contributed by atoms with van der Waals surface area (Å²) < 4.78 is 41.8. The zero-order valence-electron chi connectivity index (χ0n) is 30.5. The van der Waals surface area contributed by atoms with Gasteiger partial charge in [0.25, 0.3) is 0 Å². The van der Waals surface area contributed by atoms with Gasteiger partial charge in [-0.1, -0.05) is 29.8 Å². The van der Waals surface area contributed by atoms with Crippen LogP contribution in [0.2, 0.25) is 5.02 Å². The molecule has 17 heteroatoms. The first-order valence-corrected chi connectivity index (χ1v) is 20.4. The Balaban J connectivity index is 0.977. The molecule has 300 valence electrons. The topological polar surface area (TPSA) is 214 Å². The number of nitrogens with zero attached hydrogens (tertiary/aromatic N) is 3. The largest absolute Gasteiger partial charge is 0.490 e. The number of urea groups is 1. The maximum absolute atomic E-state index is 13.8. The number of rotatable bonds is 19. The lowest BCUT2D eigenvalue weighted by Crippen LogP contribution is -2.51. The number of sulfonamides is 1. The van der Waals surface area contributed by atoms with Gasteiger partial charge in [-0.2, -0.15) is 4.31 Å². The van der Waals surface area contributed by atoms with Gasteiger partial charge in [-0.15, -0.1) is 0 Å². The molecule has 2 aromatic carbocycles. The van der Waals surface area contributed by atoms with E-state index in [2.05, 4.69) is 20.5 Å². The fourth-order valence-electron chi connectivity index (χ4n) is 6.58. The van der Waals surface area contributed by atoms with Crippen LogP contribution in [-0.2, 0) is 27.0 Å². The number of para-hydroxylation sites is 1. The van der Waals surface area contributed by atoms with Crippen molar-refractivity contribution < 1.29 is 48.2 Å². The van der Waals surface area contributed by atoms with Crippen molar-refractivity contribution in [2.45, 2.75) is 79.7 Å². The van der Waals surface area contributed by atoms with Crippen LogP contribution >= 0.6 is 11.6 Å². The summed E-state index contributed by atoms with van der Waals surface area (Å²) in [6.07, 6.45) is 1.38. The summed E-state index contributed by atoms with van der Waals surface area (Å²) in [6.45, 7) is 1.45. The Hall–Kier alpha value is -3.42. The minimum Gasteiger partial charge on any atom is -0.490 e. The van der Waals surface area contributed by atoms with Gasteiger partial charge in [-0.3, -0.25) is 4.98 Å². The summed E-state index contributed by atoms with van der Waals surface area (Å²) in [4.78, 5) is 18.8. The summed E-state index contributed by atoms with van der Waals surface area (Å²) in [5, 5.41) is 53.2. The Morgan fingerprint density at radius 1 is 0.964 bits per heavy atom. The monoisotopic (exact) mass is 803 g/mol.